The van der Waals surface area contributed by atoms with E-state index in [0.717, 1.165) is 31.4 Å². The monoisotopic (exact) mass is 215 g/mol. The van der Waals surface area contributed by atoms with Crippen LogP contribution in [0.15, 0.2) is 0 Å². The maximum Gasteiger partial charge on any atom is 0.0916 e. The zero-order chi connectivity index (χ0) is 10.1. The van der Waals surface area contributed by atoms with Crippen LogP contribution >= 0.6 is 11.8 Å². The molecule has 1 aliphatic carbocycles. The number of nitrogens with two attached hydrogens (primary N) is 1. The van der Waals surface area contributed by atoms with Crippen molar-refractivity contribution in [3.05, 3.63) is 0 Å². The smallest absolute Gasteiger partial charge is 0.0916 e. The van der Waals surface area contributed by atoms with Gasteiger partial charge in [-0.15, -0.1) is 0 Å². The Morgan fingerprint density at radius 3 is 2.29 bits per heavy atom. The summed E-state index contributed by atoms with van der Waals surface area (Å²) in [6.45, 7) is 0. The highest BCUT2D eigenvalue weighted by Crippen LogP contribution is 2.41. The molecule has 1 heterocycles. The molecule has 1 aliphatic heterocycles. The Labute approximate surface area is 90.6 Å². The summed E-state index contributed by atoms with van der Waals surface area (Å²) < 4.78 is 0. The van der Waals surface area contributed by atoms with Gasteiger partial charge < -0.3 is 10.8 Å². The number of hydrogen-bond acceptors (Lipinski definition) is 3. The third-order valence-electron chi connectivity index (χ3n) is 3.89. The van der Waals surface area contributed by atoms with Crippen molar-refractivity contribution in [1.82, 2.24) is 0 Å². The average Bonchev–Trinajstić information content (AvgIpc) is 2.20. The first kappa shape index (κ1) is 10.8. The van der Waals surface area contributed by atoms with Gasteiger partial charge in [0.25, 0.3) is 0 Å². The lowest BCUT2D eigenvalue weighted by Crippen LogP contribution is -2.63. The van der Waals surface area contributed by atoms with E-state index in [1.54, 1.807) is 0 Å². The molecule has 3 N–H and O–H groups in total. The summed E-state index contributed by atoms with van der Waals surface area (Å²) in [4.78, 5) is 0. The van der Waals surface area contributed by atoms with Crippen LogP contribution in [0, 0.1) is 0 Å². The van der Waals surface area contributed by atoms with Gasteiger partial charge in [0.1, 0.15) is 0 Å². The Bertz CT molecular complexity index is 173. The highest BCUT2D eigenvalue weighted by atomic mass is 32.2. The Kier molecular flexibility index (Phi) is 3.10. The standard InChI is InChI=1S/C11H21NOS/c12-10(5-2-1-3-6-10)11(13)7-4-8-14-9-11/h13H,1-9,12H2. The fraction of sp³-hybridized carbons (Fsp3) is 1.00. The summed E-state index contributed by atoms with van der Waals surface area (Å²) in [5.41, 5.74) is 5.55. The maximum atomic E-state index is 10.6. The summed E-state index contributed by atoms with van der Waals surface area (Å²) in [5, 5.41) is 10.6. The van der Waals surface area contributed by atoms with E-state index in [1.165, 1.54) is 25.0 Å². The van der Waals surface area contributed by atoms with E-state index >= 15 is 0 Å². The van der Waals surface area contributed by atoms with Crippen molar-refractivity contribution in [2.45, 2.75) is 56.1 Å². The van der Waals surface area contributed by atoms with E-state index in [0.29, 0.717) is 0 Å². The van der Waals surface area contributed by atoms with Crippen LogP contribution in [0.1, 0.15) is 44.9 Å². The van der Waals surface area contributed by atoms with Crippen LogP contribution in [-0.2, 0) is 0 Å². The zero-order valence-electron chi connectivity index (χ0n) is 8.80. The fourth-order valence-electron chi connectivity index (χ4n) is 2.82. The largest absolute Gasteiger partial charge is 0.387 e. The molecule has 2 aliphatic rings. The predicted octanol–water partition coefficient (Wildman–Crippen LogP) is 1.91. The van der Waals surface area contributed by atoms with Gasteiger partial charge in [0.05, 0.1) is 5.60 Å². The first-order valence-corrected chi connectivity index (χ1v) is 6.91. The maximum absolute atomic E-state index is 10.6. The molecule has 0 bridgehead atoms. The molecule has 0 amide bonds. The Morgan fingerprint density at radius 2 is 1.71 bits per heavy atom. The third-order valence-corrected chi connectivity index (χ3v) is 5.15. The summed E-state index contributed by atoms with van der Waals surface area (Å²) in [5.74, 6) is 2.04. The Balaban J connectivity index is 2.09. The molecule has 1 unspecified atom stereocenters. The highest BCUT2D eigenvalue weighted by molar-refractivity contribution is 7.99. The molecule has 0 spiro atoms. The molecule has 0 radical (unpaired) electrons. The molecule has 1 saturated heterocycles. The first-order chi connectivity index (χ1) is 6.66. The normalized spacial score (nSPS) is 38.1. The van der Waals surface area contributed by atoms with Gasteiger partial charge in [-0.1, -0.05) is 19.3 Å². The van der Waals surface area contributed by atoms with Crippen molar-refractivity contribution in [1.29, 1.82) is 0 Å². The zero-order valence-corrected chi connectivity index (χ0v) is 9.61. The van der Waals surface area contributed by atoms with Gasteiger partial charge >= 0.3 is 0 Å². The minimum Gasteiger partial charge on any atom is -0.387 e. The molecule has 2 rings (SSSR count). The van der Waals surface area contributed by atoms with Crippen LogP contribution in [0.3, 0.4) is 0 Å². The molecule has 1 atom stereocenters. The van der Waals surface area contributed by atoms with E-state index in [2.05, 4.69) is 0 Å². The van der Waals surface area contributed by atoms with Crippen LogP contribution in [-0.4, -0.2) is 27.8 Å². The van der Waals surface area contributed by atoms with Crippen molar-refractivity contribution in [2.75, 3.05) is 11.5 Å². The lowest BCUT2D eigenvalue weighted by atomic mass is 9.69. The second kappa shape index (κ2) is 4.03. The SMILES string of the molecule is NC1(C2(O)CCCSC2)CCCCC1. The number of aliphatic hydroxyl groups is 1. The molecule has 2 fully saturated rings. The quantitative estimate of drug-likeness (QED) is 0.702. The van der Waals surface area contributed by atoms with E-state index in [-0.39, 0.29) is 5.54 Å². The molecule has 3 heteroatoms. The minimum atomic E-state index is -0.573. The molecular weight excluding hydrogens is 194 g/mol. The molecule has 0 aromatic carbocycles. The van der Waals surface area contributed by atoms with Crippen molar-refractivity contribution in [2.24, 2.45) is 5.73 Å². The predicted molar refractivity (Wildman–Crippen MR) is 61.5 cm³/mol. The lowest BCUT2D eigenvalue weighted by molar-refractivity contribution is -0.0408. The van der Waals surface area contributed by atoms with Crippen LogP contribution < -0.4 is 5.73 Å². The van der Waals surface area contributed by atoms with Gasteiger partial charge in [-0.2, -0.15) is 11.8 Å². The lowest BCUT2D eigenvalue weighted by Gasteiger charge is -2.48. The summed E-state index contributed by atoms with van der Waals surface area (Å²) in [7, 11) is 0. The second-order valence-electron chi connectivity index (χ2n) is 4.90. The van der Waals surface area contributed by atoms with Crippen molar-refractivity contribution in [3.8, 4) is 0 Å². The van der Waals surface area contributed by atoms with E-state index in [4.69, 9.17) is 5.73 Å². The second-order valence-corrected chi connectivity index (χ2v) is 6.01. The molecule has 2 nitrogen and oxygen atoms in total. The summed E-state index contributed by atoms with van der Waals surface area (Å²) in [6.07, 6.45) is 7.76. The van der Waals surface area contributed by atoms with Crippen molar-refractivity contribution < 1.29 is 5.11 Å². The minimum absolute atomic E-state index is 0.279. The van der Waals surface area contributed by atoms with Crippen LogP contribution in [0.2, 0.25) is 0 Å². The molecule has 0 aromatic heterocycles. The highest BCUT2D eigenvalue weighted by Gasteiger charge is 2.48. The van der Waals surface area contributed by atoms with Gasteiger partial charge in [0.15, 0.2) is 0 Å². The van der Waals surface area contributed by atoms with Crippen LogP contribution in [0.4, 0.5) is 0 Å². The number of thioether (sulfide) groups is 1. The van der Waals surface area contributed by atoms with E-state index in [1.807, 2.05) is 11.8 Å². The summed E-state index contributed by atoms with van der Waals surface area (Å²) >= 11 is 1.86. The van der Waals surface area contributed by atoms with Crippen molar-refractivity contribution >= 4 is 11.8 Å². The Morgan fingerprint density at radius 1 is 1.00 bits per heavy atom. The van der Waals surface area contributed by atoms with Crippen LogP contribution in [0.25, 0.3) is 0 Å². The fourth-order valence-corrected chi connectivity index (χ4v) is 4.08. The third kappa shape index (κ3) is 1.82. The topological polar surface area (TPSA) is 46.2 Å². The van der Waals surface area contributed by atoms with Gasteiger partial charge in [0.2, 0.25) is 0 Å². The van der Waals surface area contributed by atoms with Gasteiger partial charge in [-0.25, -0.2) is 0 Å². The molecule has 0 aromatic rings. The molecular formula is C11H21NOS. The van der Waals surface area contributed by atoms with Gasteiger partial charge in [-0.3, -0.25) is 0 Å². The first-order valence-electron chi connectivity index (χ1n) is 5.75. The van der Waals surface area contributed by atoms with Gasteiger partial charge in [-0.05, 0) is 31.4 Å². The average molecular weight is 215 g/mol. The number of rotatable bonds is 1. The summed E-state index contributed by atoms with van der Waals surface area (Å²) in [6, 6.07) is 0. The van der Waals surface area contributed by atoms with E-state index in [9.17, 15) is 5.11 Å². The van der Waals surface area contributed by atoms with Gasteiger partial charge in [0, 0.05) is 11.3 Å². The molecule has 82 valence electrons. The van der Waals surface area contributed by atoms with E-state index < -0.39 is 5.60 Å². The molecule has 14 heavy (non-hydrogen) atoms. The number of hydrogen-bond donors (Lipinski definition) is 2. The van der Waals surface area contributed by atoms with Crippen LogP contribution in [0.5, 0.6) is 0 Å². The Hall–Kier alpha value is 0.270. The molecule has 1 saturated carbocycles. The van der Waals surface area contributed by atoms with Crippen molar-refractivity contribution in [3.63, 3.8) is 0 Å².